The summed E-state index contributed by atoms with van der Waals surface area (Å²) in [7, 11) is 0. The van der Waals surface area contributed by atoms with E-state index in [1.54, 1.807) is 35.2 Å². The molecule has 2 aromatic carbocycles. The SMILES string of the molecule is CC1(C)c2nc(-c3ccc(F)cc3)c(Nc3ccc(F)c(Cl)c3)n2C=CN1C(=O)CN. The second-order valence-corrected chi connectivity index (χ2v) is 8.00. The zero-order valence-corrected chi connectivity index (χ0v) is 17.6. The number of carbonyl (C=O) groups excluding carboxylic acids is 1. The summed E-state index contributed by atoms with van der Waals surface area (Å²) in [6.45, 7) is 3.57. The zero-order valence-electron chi connectivity index (χ0n) is 16.9. The highest BCUT2D eigenvalue weighted by atomic mass is 35.5. The van der Waals surface area contributed by atoms with Crippen LogP contribution in [0.5, 0.6) is 0 Å². The Morgan fingerprint density at radius 3 is 2.52 bits per heavy atom. The van der Waals surface area contributed by atoms with Crippen molar-refractivity contribution in [3.05, 3.63) is 71.1 Å². The van der Waals surface area contributed by atoms with Crippen LogP contribution in [0.3, 0.4) is 0 Å². The number of halogens is 3. The molecule has 1 aliphatic rings. The first kappa shape index (κ1) is 21.0. The molecule has 6 nitrogen and oxygen atoms in total. The van der Waals surface area contributed by atoms with Gasteiger partial charge in [-0.15, -0.1) is 0 Å². The van der Waals surface area contributed by atoms with E-state index in [1.807, 2.05) is 13.8 Å². The van der Waals surface area contributed by atoms with Crippen LogP contribution in [-0.2, 0) is 10.3 Å². The van der Waals surface area contributed by atoms with Gasteiger partial charge in [-0.1, -0.05) is 11.6 Å². The topological polar surface area (TPSA) is 76.2 Å². The van der Waals surface area contributed by atoms with E-state index in [1.165, 1.54) is 29.2 Å². The molecule has 1 aliphatic heterocycles. The summed E-state index contributed by atoms with van der Waals surface area (Å²) in [5.41, 5.74) is 6.51. The van der Waals surface area contributed by atoms with Crippen molar-refractivity contribution < 1.29 is 13.6 Å². The fraction of sp³-hybridized carbons (Fsp3) is 0.182. The number of nitrogens with two attached hydrogens (primary N) is 1. The van der Waals surface area contributed by atoms with Crippen LogP contribution in [0.2, 0.25) is 5.02 Å². The van der Waals surface area contributed by atoms with E-state index in [-0.39, 0.29) is 23.3 Å². The Morgan fingerprint density at radius 2 is 1.87 bits per heavy atom. The molecular weight excluding hydrogens is 424 g/mol. The van der Waals surface area contributed by atoms with Crippen LogP contribution >= 0.6 is 11.6 Å². The predicted molar refractivity (Wildman–Crippen MR) is 117 cm³/mol. The van der Waals surface area contributed by atoms with Gasteiger partial charge in [-0.05, 0) is 56.3 Å². The van der Waals surface area contributed by atoms with E-state index in [9.17, 15) is 13.6 Å². The fourth-order valence-electron chi connectivity index (χ4n) is 3.57. The fourth-order valence-corrected chi connectivity index (χ4v) is 3.75. The molecule has 1 aromatic heterocycles. The standard InChI is InChI=1S/C22H20ClF2N5O/c1-22(2)21-28-19(13-3-5-14(24)6-4-13)20(27-15-7-8-17(25)16(23)11-15)29(21)9-10-30(22)18(31)12-26/h3-11,27H,12,26H2,1-2H3. The third-order valence-corrected chi connectivity index (χ3v) is 5.46. The number of nitrogens with one attached hydrogen (secondary N) is 1. The van der Waals surface area contributed by atoms with Crippen LogP contribution in [0.4, 0.5) is 20.3 Å². The summed E-state index contributed by atoms with van der Waals surface area (Å²) in [5, 5.41) is 3.21. The van der Waals surface area contributed by atoms with Crippen molar-refractivity contribution in [3.8, 4) is 11.3 Å². The van der Waals surface area contributed by atoms with Crippen LogP contribution in [0.1, 0.15) is 19.7 Å². The Morgan fingerprint density at radius 1 is 1.16 bits per heavy atom. The van der Waals surface area contributed by atoms with Gasteiger partial charge in [0.15, 0.2) is 0 Å². The molecule has 4 rings (SSSR count). The smallest absolute Gasteiger partial charge is 0.241 e. The van der Waals surface area contributed by atoms with Crippen molar-refractivity contribution in [2.75, 3.05) is 11.9 Å². The number of hydrogen-bond donors (Lipinski definition) is 2. The lowest BCUT2D eigenvalue weighted by Gasteiger charge is -2.38. The Balaban J connectivity index is 1.88. The molecule has 0 atom stereocenters. The highest BCUT2D eigenvalue weighted by Crippen LogP contribution is 2.40. The lowest BCUT2D eigenvalue weighted by molar-refractivity contribution is -0.132. The number of fused-ring (bicyclic) bond motifs is 1. The second-order valence-electron chi connectivity index (χ2n) is 7.59. The summed E-state index contributed by atoms with van der Waals surface area (Å²) in [5.74, 6) is -0.00954. The van der Waals surface area contributed by atoms with Crippen molar-refractivity contribution in [2.24, 2.45) is 5.73 Å². The normalized spacial score (nSPS) is 14.5. The first-order valence-electron chi connectivity index (χ1n) is 9.53. The minimum atomic E-state index is -0.805. The Hall–Kier alpha value is -3.23. The summed E-state index contributed by atoms with van der Waals surface area (Å²) < 4.78 is 28.9. The van der Waals surface area contributed by atoms with Crippen molar-refractivity contribution in [1.29, 1.82) is 0 Å². The molecule has 0 saturated carbocycles. The lowest BCUT2D eigenvalue weighted by Crippen LogP contribution is -2.47. The van der Waals surface area contributed by atoms with E-state index in [0.717, 1.165) is 0 Å². The first-order chi connectivity index (χ1) is 14.7. The van der Waals surface area contributed by atoms with Gasteiger partial charge in [-0.2, -0.15) is 0 Å². The minimum Gasteiger partial charge on any atom is -0.339 e. The monoisotopic (exact) mass is 443 g/mol. The predicted octanol–water partition coefficient (Wildman–Crippen LogP) is 4.69. The number of aromatic nitrogens is 2. The molecule has 0 fully saturated rings. The molecule has 0 radical (unpaired) electrons. The molecular formula is C22H20ClF2N5O. The maximum atomic E-state index is 13.6. The van der Waals surface area contributed by atoms with Gasteiger partial charge in [0.05, 0.1) is 11.6 Å². The number of amides is 1. The van der Waals surface area contributed by atoms with Gasteiger partial charge in [-0.3, -0.25) is 9.36 Å². The third kappa shape index (κ3) is 3.68. The molecule has 160 valence electrons. The van der Waals surface area contributed by atoms with Gasteiger partial charge in [0.2, 0.25) is 5.91 Å². The van der Waals surface area contributed by atoms with E-state index in [4.69, 9.17) is 22.3 Å². The zero-order chi connectivity index (χ0) is 22.3. The van der Waals surface area contributed by atoms with Gasteiger partial charge in [0.1, 0.15) is 34.5 Å². The van der Waals surface area contributed by atoms with Crippen molar-refractivity contribution in [1.82, 2.24) is 14.5 Å². The Kier molecular flexibility index (Phi) is 5.28. The summed E-state index contributed by atoms with van der Waals surface area (Å²) in [6, 6.07) is 10.2. The van der Waals surface area contributed by atoms with Crippen LogP contribution in [-0.4, -0.2) is 26.9 Å². The molecule has 3 N–H and O–H groups in total. The van der Waals surface area contributed by atoms with E-state index < -0.39 is 11.4 Å². The number of hydrogen-bond acceptors (Lipinski definition) is 4. The number of anilines is 2. The number of imidazole rings is 1. The molecule has 1 amide bonds. The first-order valence-corrected chi connectivity index (χ1v) is 9.91. The van der Waals surface area contributed by atoms with E-state index >= 15 is 0 Å². The maximum Gasteiger partial charge on any atom is 0.241 e. The van der Waals surface area contributed by atoms with Crippen LogP contribution in [0, 0.1) is 11.6 Å². The third-order valence-electron chi connectivity index (χ3n) is 5.17. The molecule has 31 heavy (non-hydrogen) atoms. The summed E-state index contributed by atoms with van der Waals surface area (Å²) in [6.07, 6.45) is 3.34. The van der Waals surface area contributed by atoms with Crippen LogP contribution < -0.4 is 11.1 Å². The molecule has 2 heterocycles. The van der Waals surface area contributed by atoms with E-state index in [2.05, 4.69) is 5.32 Å². The maximum absolute atomic E-state index is 13.6. The van der Waals surface area contributed by atoms with Crippen LogP contribution in [0.15, 0.2) is 48.7 Å². The number of nitrogens with zero attached hydrogens (tertiary/aromatic N) is 3. The summed E-state index contributed by atoms with van der Waals surface area (Å²) in [4.78, 5) is 18.7. The highest BCUT2D eigenvalue weighted by molar-refractivity contribution is 6.31. The molecule has 0 saturated heterocycles. The largest absolute Gasteiger partial charge is 0.339 e. The van der Waals surface area contributed by atoms with Gasteiger partial charge in [0, 0.05) is 23.7 Å². The molecule has 0 unspecified atom stereocenters. The van der Waals surface area contributed by atoms with Gasteiger partial charge < -0.3 is 16.0 Å². The quantitative estimate of drug-likeness (QED) is 0.613. The number of benzene rings is 2. The lowest BCUT2D eigenvalue weighted by atomic mass is 10.0. The van der Waals surface area contributed by atoms with Crippen molar-refractivity contribution >= 4 is 35.2 Å². The Bertz CT molecular complexity index is 1190. The van der Waals surface area contributed by atoms with Crippen LogP contribution in [0.25, 0.3) is 17.5 Å². The average Bonchev–Trinajstić information content (AvgIpc) is 3.10. The minimum absolute atomic E-state index is 0.0256. The molecule has 3 aromatic rings. The second kappa shape index (κ2) is 7.79. The van der Waals surface area contributed by atoms with Crippen molar-refractivity contribution in [3.63, 3.8) is 0 Å². The highest BCUT2D eigenvalue weighted by Gasteiger charge is 2.39. The molecule has 0 bridgehead atoms. The number of rotatable bonds is 4. The van der Waals surface area contributed by atoms with Gasteiger partial charge in [0.25, 0.3) is 0 Å². The molecule has 0 spiro atoms. The van der Waals surface area contributed by atoms with Gasteiger partial charge >= 0.3 is 0 Å². The average molecular weight is 444 g/mol. The van der Waals surface area contributed by atoms with E-state index in [0.29, 0.717) is 28.6 Å². The summed E-state index contributed by atoms with van der Waals surface area (Å²) >= 11 is 5.94. The molecule has 0 aliphatic carbocycles. The Labute approximate surface area is 182 Å². The van der Waals surface area contributed by atoms with Gasteiger partial charge in [-0.25, -0.2) is 13.8 Å². The van der Waals surface area contributed by atoms with Crippen molar-refractivity contribution in [2.45, 2.75) is 19.4 Å². The number of carbonyl (C=O) groups is 1. The molecule has 9 heteroatoms.